The van der Waals surface area contributed by atoms with Crippen LogP contribution in [0, 0.1) is 6.92 Å². The van der Waals surface area contributed by atoms with E-state index in [1.165, 1.54) is 17.0 Å². The predicted octanol–water partition coefficient (Wildman–Crippen LogP) is 1.83. The Morgan fingerprint density at radius 2 is 2.11 bits per heavy atom. The van der Waals surface area contributed by atoms with Crippen LogP contribution in [0.1, 0.15) is 23.6 Å². The molecule has 4 N–H and O–H groups in total. The van der Waals surface area contributed by atoms with Crippen LogP contribution in [0.3, 0.4) is 0 Å². The van der Waals surface area contributed by atoms with Gasteiger partial charge in [0.1, 0.15) is 6.34 Å². The zero-order valence-electron chi connectivity index (χ0n) is 11.7. The summed E-state index contributed by atoms with van der Waals surface area (Å²) in [5, 5.41) is 5.39. The van der Waals surface area contributed by atoms with Crippen LogP contribution in [0.25, 0.3) is 0 Å². The van der Waals surface area contributed by atoms with Crippen molar-refractivity contribution in [2.24, 2.45) is 16.7 Å². The summed E-state index contributed by atoms with van der Waals surface area (Å²) >= 11 is 3.51. The molecular weight excluding hydrogens is 306 g/mol. The number of rotatable bonds is 6. The quantitative estimate of drug-likeness (QED) is 0.362. The SMILES string of the molecule is Cc1cc(C(CCN(C)C)N(N)/N=C\N)ccc1Br. The molecule has 0 radical (unpaired) electrons. The third kappa shape index (κ3) is 4.81. The monoisotopic (exact) mass is 327 g/mol. The lowest BCUT2D eigenvalue weighted by atomic mass is 10.0. The fourth-order valence-electron chi connectivity index (χ4n) is 1.86. The van der Waals surface area contributed by atoms with Crippen LogP contribution < -0.4 is 11.6 Å². The van der Waals surface area contributed by atoms with Gasteiger partial charge in [0.15, 0.2) is 0 Å². The molecule has 1 atom stereocenters. The van der Waals surface area contributed by atoms with Gasteiger partial charge in [0.05, 0.1) is 6.04 Å². The van der Waals surface area contributed by atoms with Gasteiger partial charge in [0, 0.05) is 4.47 Å². The second-order valence-corrected chi connectivity index (χ2v) is 5.62. The Kier molecular flexibility index (Phi) is 6.27. The Morgan fingerprint density at radius 1 is 1.42 bits per heavy atom. The molecule has 0 saturated carbocycles. The second-order valence-electron chi connectivity index (χ2n) is 4.76. The average molecular weight is 328 g/mol. The van der Waals surface area contributed by atoms with Gasteiger partial charge in [0.25, 0.3) is 0 Å². The molecular formula is C13H22BrN5. The molecule has 0 fully saturated rings. The van der Waals surface area contributed by atoms with Gasteiger partial charge >= 0.3 is 0 Å². The van der Waals surface area contributed by atoms with Crippen molar-refractivity contribution >= 4 is 22.3 Å². The maximum absolute atomic E-state index is 5.96. The lowest BCUT2D eigenvalue weighted by molar-refractivity contribution is 0.187. The normalized spacial score (nSPS) is 13.2. The third-order valence-corrected chi connectivity index (χ3v) is 3.83. The van der Waals surface area contributed by atoms with Gasteiger partial charge in [-0.2, -0.15) is 5.10 Å². The van der Waals surface area contributed by atoms with E-state index < -0.39 is 0 Å². The molecule has 5 nitrogen and oxygen atoms in total. The van der Waals surface area contributed by atoms with Crippen molar-refractivity contribution in [2.45, 2.75) is 19.4 Å². The fourth-order valence-corrected chi connectivity index (χ4v) is 2.11. The van der Waals surface area contributed by atoms with Crippen molar-refractivity contribution in [2.75, 3.05) is 20.6 Å². The summed E-state index contributed by atoms with van der Waals surface area (Å²) in [6, 6.07) is 6.22. The number of benzene rings is 1. The molecule has 0 amide bonds. The van der Waals surface area contributed by atoms with E-state index >= 15 is 0 Å². The molecule has 19 heavy (non-hydrogen) atoms. The summed E-state index contributed by atoms with van der Waals surface area (Å²) < 4.78 is 1.09. The van der Waals surface area contributed by atoms with Crippen LogP contribution >= 0.6 is 15.9 Å². The number of nitrogens with zero attached hydrogens (tertiary/aromatic N) is 3. The highest BCUT2D eigenvalue weighted by atomic mass is 79.9. The maximum Gasteiger partial charge on any atom is 0.107 e. The van der Waals surface area contributed by atoms with E-state index in [0.29, 0.717) is 0 Å². The van der Waals surface area contributed by atoms with E-state index in [1.54, 1.807) is 0 Å². The minimum absolute atomic E-state index is 0.00833. The first-order chi connectivity index (χ1) is 8.95. The first-order valence-electron chi connectivity index (χ1n) is 6.14. The lowest BCUT2D eigenvalue weighted by Crippen LogP contribution is -2.33. The Balaban J connectivity index is 2.96. The Hall–Kier alpha value is -1.11. The van der Waals surface area contributed by atoms with E-state index in [0.717, 1.165) is 23.0 Å². The van der Waals surface area contributed by atoms with Crippen LogP contribution in [0.2, 0.25) is 0 Å². The average Bonchev–Trinajstić information content (AvgIpc) is 2.33. The van der Waals surface area contributed by atoms with E-state index in [2.05, 4.69) is 45.0 Å². The third-order valence-electron chi connectivity index (χ3n) is 2.94. The van der Waals surface area contributed by atoms with Crippen molar-refractivity contribution in [3.8, 4) is 0 Å². The standard InChI is InChI=1S/C13H22BrN5/c1-10-8-11(4-5-12(10)14)13(6-7-18(2)3)19(16)17-9-15/h4-5,8-9,13H,6-7,16H2,1-3H3,(H2,15,17). The van der Waals surface area contributed by atoms with Gasteiger partial charge in [-0.05, 0) is 51.2 Å². The first-order valence-corrected chi connectivity index (χ1v) is 6.94. The van der Waals surface area contributed by atoms with Gasteiger partial charge < -0.3 is 10.6 Å². The summed E-state index contributed by atoms with van der Waals surface area (Å²) in [6.07, 6.45) is 2.09. The zero-order valence-corrected chi connectivity index (χ0v) is 13.3. The zero-order chi connectivity index (χ0) is 14.4. The minimum atomic E-state index is 0.00833. The van der Waals surface area contributed by atoms with Crippen LogP contribution in [0.4, 0.5) is 0 Å². The van der Waals surface area contributed by atoms with Crippen LogP contribution in [0.5, 0.6) is 0 Å². The molecule has 0 aliphatic rings. The first kappa shape index (κ1) is 15.9. The largest absolute Gasteiger partial charge is 0.388 e. The van der Waals surface area contributed by atoms with Crippen molar-refractivity contribution in [1.29, 1.82) is 0 Å². The van der Waals surface area contributed by atoms with Gasteiger partial charge in [-0.3, -0.25) is 0 Å². The molecule has 0 aliphatic heterocycles. The minimum Gasteiger partial charge on any atom is -0.388 e. The van der Waals surface area contributed by atoms with Crippen molar-refractivity contribution in [3.05, 3.63) is 33.8 Å². The van der Waals surface area contributed by atoms with Gasteiger partial charge in [-0.25, -0.2) is 11.0 Å². The van der Waals surface area contributed by atoms with Crippen molar-refractivity contribution < 1.29 is 0 Å². The van der Waals surface area contributed by atoms with Gasteiger partial charge in [0.2, 0.25) is 0 Å². The summed E-state index contributed by atoms with van der Waals surface area (Å²) in [4.78, 5) is 2.12. The molecule has 0 bridgehead atoms. The Bertz CT molecular complexity index is 433. The molecule has 0 aromatic heterocycles. The molecule has 1 aromatic carbocycles. The Labute approximate surface area is 123 Å². The highest BCUT2D eigenvalue weighted by molar-refractivity contribution is 9.10. The molecule has 0 spiro atoms. The van der Waals surface area contributed by atoms with Gasteiger partial charge in [-0.1, -0.05) is 28.1 Å². The smallest absolute Gasteiger partial charge is 0.107 e. The molecule has 1 unspecified atom stereocenters. The van der Waals surface area contributed by atoms with Crippen LogP contribution in [0.15, 0.2) is 27.8 Å². The number of hydrogen-bond donors (Lipinski definition) is 2. The van der Waals surface area contributed by atoms with Crippen LogP contribution in [-0.2, 0) is 0 Å². The highest BCUT2D eigenvalue weighted by Crippen LogP contribution is 2.26. The molecule has 1 aromatic rings. The van der Waals surface area contributed by atoms with Gasteiger partial charge in [-0.15, -0.1) is 0 Å². The van der Waals surface area contributed by atoms with E-state index in [-0.39, 0.29) is 6.04 Å². The predicted molar refractivity (Wildman–Crippen MR) is 83.5 cm³/mol. The number of aryl methyl sites for hydroxylation is 1. The van der Waals surface area contributed by atoms with Crippen LogP contribution in [-0.4, -0.2) is 37.0 Å². The highest BCUT2D eigenvalue weighted by Gasteiger charge is 2.17. The fraction of sp³-hybridized carbons (Fsp3) is 0.462. The Morgan fingerprint density at radius 3 is 2.63 bits per heavy atom. The number of hydrogen-bond acceptors (Lipinski definition) is 4. The summed E-state index contributed by atoms with van der Waals surface area (Å²) in [7, 11) is 4.08. The number of hydrazone groups is 1. The number of hydrazine groups is 1. The molecule has 106 valence electrons. The number of nitrogens with two attached hydrogens (primary N) is 2. The van der Waals surface area contributed by atoms with Crippen molar-refractivity contribution in [1.82, 2.24) is 10.0 Å². The lowest BCUT2D eigenvalue weighted by Gasteiger charge is -2.26. The van der Waals surface area contributed by atoms with Crippen molar-refractivity contribution in [3.63, 3.8) is 0 Å². The second kappa shape index (κ2) is 7.47. The van der Waals surface area contributed by atoms with E-state index in [4.69, 9.17) is 11.6 Å². The maximum atomic E-state index is 5.96. The summed E-state index contributed by atoms with van der Waals surface area (Å²) in [5.41, 5.74) is 7.64. The number of halogens is 1. The molecule has 0 saturated heterocycles. The molecule has 1 rings (SSSR count). The summed E-state index contributed by atoms with van der Waals surface area (Å²) in [6.45, 7) is 2.98. The molecule has 0 heterocycles. The van der Waals surface area contributed by atoms with E-state index in [9.17, 15) is 0 Å². The topological polar surface area (TPSA) is 70.9 Å². The molecule has 6 heteroatoms. The van der Waals surface area contributed by atoms with E-state index in [1.807, 2.05) is 20.2 Å². The summed E-state index contributed by atoms with van der Waals surface area (Å²) in [5.74, 6) is 5.96. The molecule has 0 aliphatic carbocycles.